The molecule has 1 saturated carbocycles. The largest absolute Gasteiger partial charge is 0.307 e. The maximum absolute atomic E-state index is 11.0. The van der Waals surface area contributed by atoms with Crippen LogP contribution < -0.4 is 0 Å². The van der Waals surface area contributed by atoms with Gasteiger partial charge in [0.05, 0.1) is 22.0 Å². The molecule has 0 amide bonds. The first-order valence-electron chi connectivity index (χ1n) is 6.34. The van der Waals surface area contributed by atoms with Gasteiger partial charge in [0.2, 0.25) is 0 Å². The lowest BCUT2D eigenvalue weighted by molar-refractivity contribution is -0.396. The van der Waals surface area contributed by atoms with E-state index in [2.05, 4.69) is 0 Å². The summed E-state index contributed by atoms with van der Waals surface area (Å²) in [7, 11) is 0. The van der Waals surface area contributed by atoms with Crippen molar-refractivity contribution in [1.29, 1.82) is 0 Å². The van der Waals surface area contributed by atoms with E-state index in [1.165, 1.54) is 18.6 Å². The number of nitro groups is 2. The van der Waals surface area contributed by atoms with Gasteiger partial charge in [0.15, 0.2) is 0 Å². The Kier molecular flexibility index (Phi) is 4.91. The second-order valence-electron chi connectivity index (χ2n) is 4.61. The van der Waals surface area contributed by atoms with Crippen molar-refractivity contribution < 1.29 is 14.0 Å². The molecule has 0 bridgehead atoms. The first kappa shape index (κ1) is 14.7. The van der Waals surface area contributed by atoms with Crippen LogP contribution in [-0.2, 0) is 4.18 Å². The highest BCUT2D eigenvalue weighted by Gasteiger charge is 2.22. The van der Waals surface area contributed by atoms with E-state index in [1.807, 2.05) is 0 Å². The van der Waals surface area contributed by atoms with Gasteiger partial charge in [-0.2, -0.15) is 0 Å². The van der Waals surface area contributed by atoms with E-state index < -0.39 is 9.85 Å². The number of rotatable bonds is 5. The van der Waals surface area contributed by atoms with E-state index in [-0.39, 0.29) is 17.5 Å². The van der Waals surface area contributed by atoms with Crippen LogP contribution in [0.25, 0.3) is 0 Å². The summed E-state index contributed by atoms with van der Waals surface area (Å²) in [6.07, 6.45) is 5.41. The topological polar surface area (TPSA) is 95.5 Å². The van der Waals surface area contributed by atoms with E-state index in [4.69, 9.17) is 4.18 Å². The summed E-state index contributed by atoms with van der Waals surface area (Å²) in [5.74, 6) is 0. The number of nitro benzene ring substituents is 2. The first-order valence-corrected chi connectivity index (χ1v) is 7.08. The molecule has 0 N–H and O–H groups in total. The SMILES string of the molecule is O=[N+]([O-])c1ccc(SOC2CCCCC2)c([N+](=O)[O-])c1. The molecule has 0 spiro atoms. The monoisotopic (exact) mass is 298 g/mol. The number of hydrogen-bond donors (Lipinski definition) is 0. The fourth-order valence-corrected chi connectivity index (χ4v) is 2.89. The Balaban J connectivity index is 2.09. The molecule has 20 heavy (non-hydrogen) atoms. The number of benzene rings is 1. The van der Waals surface area contributed by atoms with Gasteiger partial charge in [-0.05, 0) is 18.9 Å². The van der Waals surface area contributed by atoms with Crippen LogP contribution in [0.5, 0.6) is 0 Å². The number of non-ortho nitro benzene ring substituents is 1. The highest BCUT2D eigenvalue weighted by Crippen LogP contribution is 2.35. The predicted octanol–water partition coefficient (Wildman–Crippen LogP) is 3.86. The van der Waals surface area contributed by atoms with Gasteiger partial charge in [0.1, 0.15) is 4.90 Å². The van der Waals surface area contributed by atoms with Crippen LogP contribution in [0.1, 0.15) is 32.1 Å². The Labute approximate surface area is 119 Å². The highest BCUT2D eigenvalue weighted by atomic mass is 32.2. The van der Waals surface area contributed by atoms with Crippen LogP contribution in [0.2, 0.25) is 0 Å². The average molecular weight is 298 g/mol. The van der Waals surface area contributed by atoms with Gasteiger partial charge in [0.25, 0.3) is 11.4 Å². The van der Waals surface area contributed by atoms with E-state index in [0.717, 1.165) is 43.8 Å². The van der Waals surface area contributed by atoms with Crippen LogP contribution in [0.15, 0.2) is 23.1 Å². The van der Waals surface area contributed by atoms with Gasteiger partial charge >= 0.3 is 0 Å². The third-order valence-corrected chi connectivity index (χ3v) is 4.07. The molecule has 108 valence electrons. The Morgan fingerprint density at radius 2 is 1.80 bits per heavy atom. The van der Waals surface area contributed by atoms with Gasteiger partial charge in [-0.25, -0.2) is 0 Å². The van der Waals surface area contributed by atoms with Crippen molar-refractivity contribution in [3.8, 4) is 0 Å². The van der Waals surface area contributed by atoms with E-state index in [0.29, 0.717) is 4.90 Å². The molecular formula is C12H14N2O5S. The summed E-state index contributed by atoms with van der Waals surface area (Å²) >= 11 is 0.938. The van der Waals surface area contributed by atoms with Crippen molar-refractivity contribution in [3.05, 3.63) is 38.4 Å². The molecule has 0 atom stereocenters. The molecule has 7 nitrogen and oxygen atoms in total. The molecule has 2 rings (SSSR count). The molecule has 0 saturated heterocycles. The third-order valence-electron chi connectivity index (χ3n) is 3.18. The summed E-state index contributed by atoms with van der Waals surface area (Å²) in [5, 5.41) is 21.6. The van der Waals surface area contributed by atoms with Crippen LogP contribution >= 0.6 is 12.0 Å². The zero-order valence-electron chi connectivity index (χ0n) is 10.7. The van der Waals surface area contributed by atoms with Crippen LogP contribution in [0.4, 0.5) is 11.4 Å². The zero-order valence-corrected chi connectivity index (χ0v) is 11.5. The molecule has 0 radical (unpaired) electrons. The molecule has 1 aliphatic rings. The Morgan fingerprint density at radius 3 is 2.40 bits per heavy atom. The summed E-state index contributed by atoms with van der Waals surface area (Å²) in [4.78, 5) is 20.6. The summed E-state index contributed by atoms with van der Waals surface area (Å²) in [5.41, 5.74) is -0.585. The molecule has 1 aliphatic carbocycles. The maximum Gasteiger partial charge on any atom is 0.292 e. The van der Waals surface area contributed by atoms with Gasteiger partial charge in [-0.1, -0.05) is 19.3 Å². The Hall–Kier alpha value is -1.67. The summed E-state index contributed by atoms with van der Waals surface area (Å²) in [6.45, 7) is 0. The maximum atomic E-state index is 11.0. The molecule has 1 fully saturated rings. The molecular weight excluding hydrogens is 284 g/mol. The number of nitrogens with zero attached hydrogens (tertiary/aromatic N) is 2. The minimum absolute atomic E-state index is 0.101. The second kappa shape index (κ2) is 6.67. The fourth-order valence-electron chi connectivity index (χ4n) is 2.11. The van der Waals surface area contributed by atoms with Crippen molar-refractivity contribution in [1.82, 2.24) is 0 Å². The highest BCUT2D eigenvalue weighted by molar-refractivity contribution is 7.94. The zero-order chi connectivity index (χ0) is 14.5. The molecule has 1 aromatic rings. The molecule has 0 aromatic heterocycles. The number of hydrogen-bond acceptors (Lipinski definition) is 6. The van der Waals surface area contributed by atoms with Gasteiger partial charge in [-0.3, -0.25) is 20.2 Å². The second-order valence-corrected chi connectivity index (χ2v) is 5.40. The molecule has 0 heterocycles. The predicted molar refractivity (Wildman–Crippen MR) is 73.6 cm³/mol. The Bertz CT molecular complexity index is 517. The lowest BCUT2D eigenvalue weighted by Gasteiger charge is -2.20. The van der Waals surface area contributed by atoms with Crippen molar-refractivity contribution in [2.24, 2.45) is 0 Å². The van der Waals surface area contributed by atoms with Crippen molar-refractivity contribution in [2.75, 3.05) is 0 Å². The summed E-state index contributed by atoms with van der Waals surface area (Å²) < 4.78 is 5.60. The van der Waals surface area contributed by atoms with Crippen LogP contribution in [-0.4, -0.2) is 16.0 Å². The normalized spacial score (nSPS) is 16.0. The minimum atomic E-state index is -0.649. The molecule has 0 unspecified atom stereocenters. The lowest BCUT2D eigenvalue weighted by Crippen LogP contribution is -2.13. The quantitative estimate of drug-likeness (QED) is 0.465. The van der Waals surface area contributed by atoms with Crippen molar-refractivity contribution in [3.63, 3.8) is 0 Å². The Morgan fingerprint density at radius 1 is 1.10 bits per heavy atom. The van der Waals surface area contributed by atoms with Crippen LogP contribution in [0, 0.1) is 20.2 Å². The lowest BCUT2D eigenvalue weighted by atomic mass is 9.98. The standard InChI is InChI=1S/C12H14N2O5S/c15-13(16)9-6-7-12(11(8-9)14(17)18)20-19-10-4-2-1-3-5-10/h6-8,10H,1-5H2. The van der Waals surface area contributed by atoms with Gasteiger partial charge < -0.3 is 4.18 Å². The van der Waals surface area contributed by atoms with Crippen LogP contribution in [0.3, 0.4) is 0 Å². The molecule has 8 heteroatoms. The van der Waals surface area contributed by atoms with E-state index in [9.17, 15) is 20.2 Å². The smallest absolute Gasteiger partial charge is 0.292 e. The van der Waals surface area contributed by atoms with E-state index in [1.54, 1.807) is 0 Å². The van der Waals surface area contributed by atoms with Gasteiger partial charge in [-0.15, -0.1) is 0 Å². The molecule has 1 aromatic carbocycles. The van der Waals surface area contributed by atoms with Crippen molar-refractivity contribution >= 4 is 23.4 Å². The molecule has 0 aliphatic heterocycles. The van der Waals surface area contributed by atoms with Gasteiger partial charge in [0, 0.05) is 18.1 Å². The summed E-state index contributed by atoms with van der Waals surface area (Å²) in [6, 6.07) is 3.58. The minimum Gasteiger partial charge on any atom is -0.307 e. The first-order chi connectivity index (χ1) is 9.58. The third kappa shape index (κ3) is 3.67. The van der Waals surface area contributed by atoms with E-state index >= 15 is 0 Å². The van der Waals surface area contributed by atoms with Crippen molar-refractivity contribution in [2.45, 2.75) is 43.1 Å². The average Bonchev–Trinajstić information content (AvgIpc) is 2.45. The fraction of sp³-hybridized carbons (Fsp3) is 0.500.